The van der Waals surface area contributed by atoms with Gasteiger partial charge in [-0.05, 0) is 43.4 Å². The van der Waals surface area contributed by atoms with E-state index >= 15 is 0 Å². The Kier molecular flexibility index (Phi) is 5.24. The maximum absolute atomic E-state index is 13.1. The van der Waals surface area contributed by atoms with Crippen molar-refractivity contribution in [3.8, 4) is 5.75 Å². The number of rotatable bonds is 4. The van der Waals surface area contributed by atoms with Crippen LogP contribution in [0.3, 0.4) is 0 Å². The summed E-state index contributed by atoms with van der Waals surface area (Å²) in [4.78, 5) is 0. The van der Waals surface area contributed by atoms with E-state index < -0.39 is 10.2 Å². The molecule has 2 saturated heterocycles. The number of nitrogens with zero attached hydrogens (tertiary/aromatic N) is 2. The lowest BCUT2D eigenvalue weighted by Crippen LogP contribution is -2.43. The molecule has 0 bridgehead atoms. The normalized spacial score (nSPS) is 24.5. The van der Waals surface area contributed by atoms with Gasteiger partial charge in [0, 0.05) is 19.6 Å². The molecule has 1 atom stereocenters. The van der Waals surface area contributed by atoms with E-state index in [2.05, 4.69) is 0 Å². The van der Waals surface area contributed by atoms with E-state index in [-0.39, 0.29) is 6.04 Å². The highest BCUT2D eigenvalue weighted by Gasteiger charge is 2.38. The fourth-order valence-electron chi connectivity index (χ4n) is 3.62. The fourth-order valence-corrected chi connectivity index (χ4v) is 5.54. The average molecular weight is 338 g/mol. The highest BCUT2D eigenvalue weighted by atomic mass is 32.2. The Hall–Kier alpha value is -1.11. The van der Waals surface area contributed by atoms with Crippen molar-refractivity contribution in [3.63, 3.8) is 0 Å². The average Bonchev–Trinajstić information content (AvgIpc) is 2.90. The predicted molar refractivity (Wildman–Crippen MR) is 90.6 cm³/mol. The van der Waals surface area contributed by atoms with Crippen LogP contribution < -0.4 is 4.74 Å². The van der Waals surface area contributed by atoms with Crippen LogP contribution in [0, 0.1) is 0 Å². The molecule has 6 heteroatoms. The summed E-state index contributed by atoms with van der Waals surface area (Å²) >= 11 is 0. The third-order valence-corrected chi connectivity index (χ3v) is 6.92. The van der Waals surface area contributed by atoms with Gasteiger partial charge in [0.25, 0.3) is 10.2 Å². The Labute approximate surface area is 139 Å². The standard InChI is InChI=1S/C17H26N2O3S/c1-22-16-9-6-8-15(14-16)17-10-7-13-19(17)23(20,21)18-11-4-2-3-5-12-18/h6,8-9,14,17H,2-5,7,10-13H2,1H3/t17-/m0/s1. The highest BCUT2D eigenvalue weighted by Crippen LogP contribution is 2.36. The van der Waals surface area contributed by atoms with Crippen LogP contribution in [-0.2, 0) is 10.2 Å². The number of hydrogen-bond donors (Lipinski definition) is 0. The third kappa shape index (κ3) is 3.54. The van der Waals surface area contributed by atoms with E-state index in [0.717, 1.165) is 49.8 Å². The Balaban J connectivity index is 1.85. The van der Waals surface area contributed by atoms with Crippen molar-refractivity contribution in [1.29, 1.82) is 0 Å². The zero-order chi connectivity index (χ0) is 16.3. The molecule has 128 valence electrons. The van der Waals surface area contributed by atoms with Crippen LogP contribution in [0.15, 0.2) is 24.3 Å². The monoisotopic (exact) mass is 338 g/mol. The number of benzene rings is 1. The molecule has 2 fully saturated rings. The maximum Gasteiger partial charge on any atom is 0.282 e. The van der Waals surface area contributed by atoms with Crippen LogP contribution in [0.1, 0.15) is 50.1 Å². The SMILES string of the molecule is COc1cccc([C@@H]2CCCN2S(=O)(=O)N2CCCCCC2)c1. The van der Waals surface area contributed by atoms with Gasteiger partial charge in [0.05, 0.1) is 13.2 Å². The Bertz CT molecular complexity index is 624. The van der Waals surface area contributed by atoms with E-state index in [0.29, 0.717) is 19.6 Å². The van der Waals surface area contributed by atoms with Crippen molar-refractivity contribution in [2.75, 3.05) is 26.7 Å². The van der Waals surface area contributed by atoms with Gasteiger partial charge in [0.15, 0.2) is 0 Å². The van der Waals surface area contributed by atoms with Crippen LogP contribution in [0.5, 0.6) is 5.75 Å². The molecule has 2 aliphatic heterocycles. The first-order valence-corrected chi connectivity index (χ1v) is 9.93. The van der Waals surface area contributed by atoms with Crippen LogP contribution >= 0.6 is 0 Å². The summed E-state index contributed by atoms with van der Waals surface area (Å²) in [6.45, 7) is 1.92. The van der Waals surface area contributed by atoms with Crippen molar-refractivity contribution < 1.29 is 13.2 Å². The smallest absolute Gasteiger partial charge is 0.282 e. The van der Waals surface area contributed by atoms with Gasteiger partial charge >= 0.3 is 0 Å². The lowest BCUT2D eigenvalue weighted by Gasteiger charge is -2.30. The van der Waals surface area contributed by atoms with Crippen molar-refractivity contribution >= 4 is 10.2 Å². The Morgan fingerprint density at radius 1 is 1.04 bits per heavy atom. The first-order valence-electron chi connectivity index (χ1n) is 8.54. The molecule has 0 saturated carbocycles. The number of hydrogen-bond acceptors (Lipinski definition) is 3. The molecule has 0 unspecified atom stereocenters. The maximum atomic E-state index is 13.1. The Morgan fingerprint density at radius 3 is 2.48 bits per heavy atom. The minimum Gasteiger partial charge on any atom is -0.497 e. The summed E-state index contributed by atoms with van der Waals surface area (Å²) in [6, 6.07) is 7.72. The molecule has 0 aromatic heterocycles. The summed E-state index contributed by atoms with van der Waals surface area (Å²) in [5.74, 6) is 0.779. The Morgan fingerprint density at radius 2 is 1.78 bits per heavy atom. The van der Waals surface area contributed by atoms with Crippen LogP contribution in [0.4, 0.5) is 0 Å². The molecule has 1 aromatic carbocycles. The zero-order valence-electron chi connectivity index (χ0n) is 13.8. The topological polar surface area (TPSA) is 49.9 Å². The molecular formula is C17H26N2O3S. The van der Waals surface area contributed by atoms with E-state index in [1.54, 1.807) is 15.7 Å². The van der Waals surface area contributed by atoms with Gasteiger partial charge in [0.1, 0.15) is 5.75 Å². The lowest BCUT2D eigenvalue weighted by molar-refractivity contribution is 0.330. The molecule has 2 aliphatic rings. The van der Waals surface area contributed by atoms with Gasteiger partial charge in [-0.25, -0.2) is 0 Å². The van der Waals surface area contributed by atoms with Crippen LogP contribution in [0.2, 0.25) is 0 Å². The summed E-state index contributed by atoms with van der Waals surface area (Å²) in [5.41, 5.74) is 1.03. The number of methoxy groups -OCH3 is 1. The quantitative estimate of drug-likeness (QED) is 0.848. The predicted octanol–water partition coefficient (Wildman–Crippen LogP) is 2.95. The molecule has 23 heavy (non-hydrogen) atoms. The van der Waals surface area contributed by atoms with Crippen LogP contribution in [0.25, 0.3) is 0 Å². The molecule has 5 nitrogen and oxygen atoms in total. The molecule has 0 radical (unpaired) electrons. The van der Waals surface area contributed by atoms with Gasteiger partial charge in [-0.3, -0.25) is 0 Å². The minimum atomic E-state index is -3.38. The minimum absolute atomic E-state index is 0.0710. The molecule has 3 rings (SSSR count). The van der Waals surface area contributed by atoms with E-state index in [9.17, 15) is 8.42 Å². The van der Waals surface area contributed by atoms with Gasteiger partial charge < -0.3 is 4.74 Å². The van der Waals surface area contributed by atoms with Crippen molar-refractivity contribution in [2.24, 2.45) is 0 Å². The summed E-state index contributed by atoms with van der Waals surface area (Å²) in [7, 11) is -1.74. The summed E-state index contributed by atoms with van der Waals surface area (Å²) < 4.78 is 34.9. The van der Waals surface area contributed by atoms with Crippen LogP contribution in [-0.4, -0.2) is 43.8 Å². The number of ether oxygens (including phenoxy) is 1. The van der Waals surface area contributed by atoms with Gasteiger partial charge in [-0.2, -0.15) is 17.0 Å². The largest absolute Gasteiger partial charge is 0.497 e. The second-order valence-electron chi connectivity index (χ2n) is 6.37. The van der Waals surface area contributed by atoms with Gasteiger partial charge in [-0.15, -0.1) is 0 Å². The summed E-state index contributed by atoms with van der Waals surface area (Å²) in [5, 5.41) is 0. The van der Waals surface area contributed by atoms with Crippen molar-refractivity contribution in [1.82, 2.24) is 8.61 Å². The second-order valence-corrected chi connectivity index (χ2v) is 8.25. The third-order valence-electron chi connectivity index (χ3n) is 4.87. The highest BCUT2D eigenvalue weighted by molar-refractivity contribution is 7.86. The summed E-state index contributed by atoms with van der Waals surface area (Å²) in [6.07, 6.45) is 5.99. The molecule has 0 N–H and O–H groups in total. The van der Waals surface area contributed by atoms with E-state index in [4.69, 9.17) is 4.74 Å². The molecule has 1 aromatic rings. The van der Waals surface area contributed by atoms with E-state index in [1.807, 2.05) is 24.3 Å². The fraction of sp³-hybridized carbons (Fsp3) is 0.647. The molecular weight excluding hydrogens is 312 g/mol. The zero-order valence-corrected chi connectivity index (χ0v) is 14.6. The van der Waals surface area contributed by atoms with Crippen molar-refractivity contribution in [3.05, 3.63) is 29.8 Å². The van der Waals surface area contributed by atoms with E-state index in [1.165, 1.54) is 0 Å². The molecule has 0 amide bonds. The van der Waals surface area contributed by atoms with Gasteiger partial charge in [0.2, 0.25) is 0 Å². The van der Waals surface area contributed by atoms with Crippen molar-refractivity contribution in [2.45, 2.75) is 44.6 Å². The lowest BCUT2D eigenvalue weighted by atomic mass is 10.1. The molecule has 2 heterocycles. The van der Waals surface area contributed by atoms with Gasteiger partial charge in [-0.1, -0.05) is 25.0 Å². The first-order chi connectivity index (χ1) is 11.1. The first kappa shape index (κ1) is 16.7. The molecule has 0 aliphatic carbocycles. The second kappa shape index (κ2) is 7.20. The molecule has 0 spiro atoms.